The van der Waals surface area contributed by atoms with Crippen molar-refractivity contribution in [2.75, 3.05) is 11.9 Å². The Balaban J connectivity index is 1.89. The largest absolute Gasteiger partial charge is 0.435 e. The van der Waals surface area contributed by atoms with Crippen molar-refractivity contribution in [2.24, 2.45) is 0 Å². The van der Waals surface area contributed by atoms with Gasteiger partial charge in [-0.25, -0.2) is 0 Å². The van der Waals surface area contributed by atoms with Crippen molar-refractivity contribution in [3.8, 4) is 0 Å². The molecule has 98 valence electrons. The number of hydrogen-bond donors (Lipinski definition) is 2. The highest BCUT2D eigenvalue weighted by atomic mass is 19.4. The summed E-state index contributed by atoms with van der Waals surface area (Å²) < 4.78 is 36.7. The summed E-state index contributed by atoms with van der Waals surface area (Å²) in [5, 5.41) is 12.1. The standard InChI is InChI=1S/C10H11F3N4O/c11-10(12,13)7-2-3-8(17-16-7)14-5-6-1-4-9(18)15-6/h2-3,6H,1,4-5H2,(H,14,17)(H,15,18). The second-order valence-corrected chi connectivity index (χ2v) is 3.99. The minimum atomic E-state index is -4.48. The van der Waals surface area contributed by atoms with Gasteiger partial charge in [-0.2, -0.15) is 13.2 Å². The Morgan fingerprint density at radius 1 is 1.39 bits per heavy atom. The molecule has 18 heavy (non-hydrogen) atoms. The molecule has 2 heterocycles. The summed E-state index contributed by atoms with van der Waals surface area (Å²) >= 11 is 0. The Labute approximate surface area is 101 Å². The number of carbonyl (C=O) groups is 1. The third-order valence-electron chi connectivity index (χ3n) is 2.57. The molecular formula is C10H11F3N4O. The van der Waals surface area contributed by atoms with E-state index in [1.165, 1.54) is 6.07 Å². The Hall–Kier alpha value is -1.86. The van der Waals surface area contributed by atoms with Gasteiger partial charge in [0.25, 0.3) is 0 Å². The third kappa shape index (κ3) is 3.08. The molecule has 1 fully saturated rings. The summed E-state index contributed by atoms with van der Waals surface area (Å²) in [6.45, 7) is 0.422. The second kappa shape index (κ2) is 4.79. The van der Waals surface area contributed by atoms with E-state index in [0.717, 1.165) is 6.07 Å². The fraction of sp³-hybridized carbons (Fsp3) is 0.500. The van der Waals surface area contributed by atoms with Crippen LogP contribution >= 0.6 is 0 Å². The minimum Gasteiger partial charge on any atom is -0.367 e. The lowest BCUT2D eigenvalue weighted by Crippen LogP contribution is -2.32. The van der Waals surface area contributed by atoms with Crippen LogP contribution in [-0.2, 0) is 11.0 Å². The molecule has 1 saturated heterocycles. The minimum absolute atomic E-state index is 0.0124. The number of amides is 1. The quantitative estimate of drug-likeness (QED) is 0.856. The Kier molecular flexibility index (Phi) is 3.35. The summed E-state index contributed by atoms with van der Waals surface area (Å²) in [7, 11) is 0. The van der Waals surface area contributed by atoms with Crippen LogP contribution < -0.4 is 10.6 Å². The van der Waals surface area contributed by atoms with Crippen molar-refractivity contribution in [3.05, 3.63) is 17.8 Å². The first-order valence-corrected chi connectivity index (χ1v) is 5.39. The first kappa shape index (κ1) is 12.6. The van der Waals surface area contributed by atoms with Crippen molar-refractivity contribution >= 4 is 11.7 Å². The Bertz CT molecular complexity index is 432. The summed E-state index contributed by atoms with van der Waals surface area (Å²) in [5.74, 6) is 0.240. The topological polar surface area (TPSA) is 66.9 Å². The van der Waals surface area contributed by atoms with E-state index in [0.29, 0.717) is 19.4 Å². The highest BCUT2D eigenvalue weighted by molar-refractivity contribution is 5.78. The average molecular weight is 260 g/mol. The van der Waals surface area contributed by atoms with Crippen LogP contribution in [0.5, 0.6) is 0 Å². The van der Waals surface area contributed by atoms with Gasteiger partial charge >= 0.3 is 6.18 Å². The lowest BCUT2D eigenvalue weighted by Gasteiger charge is -2.11. The molecule has 8 heteroatoms. The Morgan fingerprint density at radius 2 is 2.17 bits per heavy atom. The number of nitrogens with zero attached hydrogens (tertiary/aromatic N) is 2. The maximum absolute atomic E-state index is 12.2. The van der Waals surface area contributed by atoms with Crippen LogP contribution in [0.15, 0.2) is 12.1 Å². The van der Waals surface area contributed by atoms with E-state index in [1.54, 1.807) is 0 Å². The summed E-state index contributed by atoms with van der Waals surface area (Å²) in [5.41, 5.74) is -1.03. The van der Waals surface area contributed by atoms with E-state index >= 15 is 0 Å². The molecule has 1 amide bonds. The molecule has 1 aromatic rings. The average Bonchev–Trinajstić information content (AvgIpc) is 2.72. The Morgan fingerprint density at radius 3 is 2.67 bits per heavy atom. The fourth-order valence-electron chi connectivity index (χ4n) is 1.64. The fourth-order valence-corrected chi connectivity index (χ4v) is 1.64. The number of aromatic nitrogens is 2. The molecule has 1 atom stereocenters. The van der Waals surface area contributed by atoms with Gasteiger partial charge in [-0.3, -0.25) is 4.79 Å². The monoisotopic (exact) mass is 260 g/mol. The van der Waals surface area contributed by atoms with Crippen molar-refractivity contribution < 1.29 is 18.0 Å². The molecule has 2 N–H and O–H groups in total. The normalized spacial score (nSPS) is 19.7. The lowest BCUT2D eigenvalue weighted by atomic mass is 10.2. The molecule has 0 bridgehead atoms. The van der Waals surface area contributed by atoms with E-state index in [2.05, 4.69) is 20.8 Å². The maximum atomic E-state index is 12.2. The molecule has 0 aliphatic carbocycles. The van der Waals surface area contributed by atoms with Gasteiger partial charge in [0.1, 0.15) is 5.82 Å². The van der Waals surface area contributed by atoms with Crippen LogP contribution in [-0.4, -0.2) is 28.7 Å². The van der Waals surface area contributed by atoms with Gasteiger partial charge in [-0.05, 0) is 18.6 Å². The van der Waals surface area contributed by atoms with E-state index in [-0.39, 0.29) is 17.8 Å². The van der Waals surface area contributed by atoms with Crippen molar-refractivity contribution in [3.63, 3.8) is 0 Å². The predicted molar refractivity (Wildman–Crippen MR) is 56.7 cm³/mol. The molecule has 0 spiro atoms. The van der Waals surface area contributed by atoms with Gasteiger partial charge in [0.2, 0.25) is 5.91 Å². The van der Waals surface area contributed by atoms with Crippen LogP contribution in [0.25, 0.3) is 0 Å². The zero-order valence-electron chi connectivity index (χ0n) is 9.29. The van der Waals surface area contributed by atoms with Crippen LogP contribution in [0.4, 0.5) is 19.0 Å². The SMILES string of the molecule is O=C1CCC(CNc2ccc(C(F)(F)F)nn2)N1. The zero-order valence-corrected chi connectivity index (χ0v) is 9.29. The smallest absolute Gasteiger partial charge is 0.367 e. The molecular weight excluding hydrogens is 249 g/mol. The van der Waals surface area contributed by atoms with E-state index in [9.17, 15) is 18.0 Å². The molecule has 1 unspecified atom stereocenters. The summed E-state index contributed by atoms with van der Waals surface area (Å²) in [6.07, 6.45) is -3.30. The summed E-state index contributed by atoms with van der Waals surface area (Å²) in [6, 6.07) is 2.07. The molecule has 0 saturated carbocycles. The first-order chi connectivity index (χ1) is 8.45. The summed E-state index contributed by atoms with van der Waals surface area (Å²) in [4.78, 5) is 10.9. The predicted octanol–water partition coefficient (Wildman–Crippen LogP) is 1.19. The van der Waals surface area contributed by atoms with Crippen molar-refractivity contribution in [1.82, 2.24) is 15.5 Å². The number of halogens is 3. The number of alkyl halides is 3. The molecule has 1 aromatic heterocycles. The highest BCUT2D eigenvalue weighted by Crippen LogP contribution is 2.27. The number of carbonyl (C=O) groups excluding carboxylic acids is 1. The van der Waals surface area contributed by atoms with Gasteiger partial charge in [0.05, 0.1) is 0 Å². The number of hydrogen-bond acceptors (Lipinski definition) is 4. The molecule has 0 aromatic carbocycles. The van der Waals surface area contributed by atoms with Crippen LogP contribution in [0.3, 0.4) is 0 Å². The molecule has 1 aliphatic heterocycles. The zero-order chi connectivity index (χ0) is 13.2. The number of anilines is 1. The van der Waals surface area contributed by atoms with E-state index in [4.69, 9.17) is 0 Å². The van der Waals surface area contributed by atoms with Crippen LogP contribution in [0.1, 0.15) is 18.5 Å². The third-order valence-corrected chi connectivity index (χ3v) is 2.57. The highest BCUT2D eigenvalue weighted by Gasteiger charge is 2.32. The molecule has 1 aliphatic rings. The van der Waals surface area contributed by atoms with E-state index < -0.39 is 11.9 Å². The molecule has 0 radical (unpaired) electrons. The van der Waals surface area contributed by atoms with Gasteiger partial charge < -0.3 is 10.6 Å². The van der Waals surface area contributed by atoms with Gasteiger partial charge in [0, 0.05) is 19.0 Å². The van der Waals surface area contributed by atoms with E-state index in [1.807, 2.05) is 0 Å². The lowest BCUT2D eigenvalue weighted by molar-refractivity contribution is -0.141. The van der Waals surface area contributed by atoms with Crippen LogP contribution in [0.2, 0.25) is 0 Å². The first-order valence-electron chi connectivity index (χ1n) is 5.39. The van der Waals surface area contributed by atoms with Crippen molar-refractivity contribution in [2.45, 2.75) is 25.1 Å². The second-order valence-electron chi connectivity index (χ2n) is 3.99. The number of nitrogens with one attached hydrogen (secondary N) is 2. The number of rotatable bonds is 3. The molecule has 5 nitrogen and oxygen atoms in total. The van der Waals surface area contributed by atoms with Gasteiger partial charge in [-0.15, -0.1) is 10.2 Å². The van der Waals surface area contributed by atoms with Crippen LogP contribution in [0, 0.1) is 0 Å². The van der Waals surface area contributed by atoms with Gasteiger partial charge in [0.15, 0.2) is 5.69 Å². The molecule has 2 rings (SSSR count). The maximum Gasteiger partial charge on any atom is 0.435 e. The van der Waals surface area contributed by atoms with Gasteiger partial charge in [-0.1, -0.05) is 0 Å². The van der Waals surface area contributed by atoms with Crippen molar-refractivity contribution in [1.29, 1.82) is 0 Å².